The molecule has 3 atom stereocenters. The van der Waals surface area contributed by atoms with Crippen LogP contribution in [0.5, 0.6) is 0 Å². The van der Waals surface area contributed by atoms with Gasteiger partial charge >= 0.3 is 17.6 Å². The summed E-state index contributed by atoms with van der Waals surface area (Å²) in [5, 5.41) is 18.7. The van der Waals surface area contributed by atoms with Crippen molar-refractivity contribution in [2.24, 2.45) is 0 Å². The van der Waals surface area contributed by atoms with Crippen LogP contribution in [-0.2, 0) is 19.1 Å². The molecule has 0 amide bonds. The second kappa shape index (κ2) is 12.3. The summed E-state index contributed by atoms with van der Waals surface area (Å²) >= 11 is 0. The van der Waals surface area contributed by atoms with Gasteiger partial charge in [0, 0.05) is 25.5 Å². The number of hydrogen-bond donors (Lipinski definition) is 3. The highest BCUT2D eigenvalue weighted by molar-refractivity contribution is 5.69. The Labute approximate surface area is 175 Å². The summed E-state index contributed by atoms with van der Waals surface area (Å²) in [6, 6.07) is 1.47. The lowest BCUT2D eigenvalue weighted by atomic mass is 10.1. The zero-order valence-corrected chi connectivity index (χ0v) is 17.1. The number of ether oxygens (including phenoxy) is 2. The lowest BCUT2D eigenvalue weighted by Gasteiger charge is -2.16. The lowest BCUT2D eigenvalue weighted by Crippen LogP contribution is -2.29. The Morgan fingerprint density at radius 2 is 1.80 bits per heavy atom. The van der Waals surface area contributed by atoms with E-state index >= 15 is 0 Å². The standard InChI is InChI=1S/C20H31N3O7/c21-16-10-11-23(20(28)22-16)17-12-14(24)15(30-17)13-29-19(27)9-7-5-3-1-2-4-6-8-18(25)26/h10-11,14-15,17,24H,1-9,12-13H2,(H,25,26)(H2,21,22,28)/t14-,15+,17+/m0/s1. The Morgan fingerprint density at radius 3 is 2.43 bits per heavy atom. The van der Waals surface area contributed by atoms with Crippen LogP contribution in [0.25, 0.3) is 0 Å². The van der Waals surface area contributed by atoms with Crippen molar-refractivity contribution in [3.8, 4) is 0 Å². The third-order valence-electron chi connectivity index (χ3n) is 5.05. The summed E-state index contributed by atoms with van der Waals surface area (Å²) in [5.74, 6) is -0.990. The lowest BCUT2D eigenvalue weighted by molar-refractivity contribution is -0.150. The molecule has 168 valence electrons. The second-order valence-electron chi connectivity index (χ2n) is 7.53. The monoisotopic (exact) mass is 425 g/mol. The molecule has 30 heavy (non-hydrogen) atoms. The topological polar surface area (TPSA) is 154 Å². The maximum absolute atomic E-state index is 11.9. The zero-order valence-electron chi connectivity index (χ0n) is 17.1. The van der Waals surface area contributed by atoms with Crippen molar-refractivity contribution < 1.29 is 29.3 Å². The van der Waals surface area contributed by atoms with Crippen molar-refractivity contribution >= 4 is 17.8 Å². The number of aromatic nitrogens is 2. The number of carboxylic acids is 1. The average molecular weight is 425 g/mol. The van der Waals surface area contributed by atoms with E-state index in [-0.39, 0.29) is 31.2 Å². The van der Waals surface area contributed by atoms with E-state index in [4.69, 9.17) is 20.3 Å². The van der Waals surface area contributed by atoms with Crippen LogP contribution in [0.15, 0.2) is 17.1 Å². The first-order valence-corrected chi connectivity index (χ1v) is 10.4. The first-order chi connectivity index (χ1) is 14.4. The molecule has 0 unspecified atom stereocenters. The molecule has 10 heteroatoms. The second-order valence-corrected chi connectivity index (χ2v) is 7.53. The third kappa shape index (κ3) is 8.11. The number of aliphatic hydroxyl groups excluding tert-OH is 1. The number of anilines is 1. The summed E-state index contributed by atoms with van der Waals surface area (Å²) < 4.78 is 12.1. The van der Waals surface area contributed by atoms with Gasteiger partial charge in [0.15, 0.2) is 0 Å². The van der Waals surface area contributed by atoms with E-state index in [1.54, 1.807) is 0 Å². The first kappa shape index (κ1) is 23.8. The number of aliphatic hydroxyl groups is 1. The molecule has 1 aromatic heterocycles. The third-order valence-corrected chi connectivity index (χ3v) is 5.05. The minimum Gasteiger partial charge on any atom is -0.481 e. The quantitative estimate of drug-likeness (QED) is 0.316. The normalized spacial score (nSPS) is 20.9. The molecule has 1 aliphatic heterocycles. The molecule has 1 fully saturated rings. The van der Waals surface area contributed by atoms with Crippen molar-refractivity contribution in [2.45, 2.75) is 82.6 Å². The summed E-state index contributed by atoms with van der Waals surface area (Å²) in [4.78, 5) is 37.8. The highest BCUT2D eigenvalue weighted by Crippen LogP contribution is 2.28. The fourth-order valence-electron chi connectivity index (χ4n) is 3.36. The van der Waals surface area contributed by atoms with E-state index in [1.165, 1.54) is 16.8 Å². The van der Waals surface area contributed by atoms with E-state index in [2.05, 4.69) is 4.98 Å². The number of aliphatic carboxylic acids is 1. The Balaban J connectivity index is 1.57. The number of esters is 1. The fraction of sp³-hybridized carbons (Fsp3) is 0.700. The summed E-state index contributed by atoms with van der Waals surface area (Å²) in [7, 11) is 0. The van der Waals surface area contributed by atoms with E-state index < -0.39 is 30.1 Å². The van der Waals surface area contributed by atoms with Crippen molar-refractivity contribution in [2.75, 3.05) is 12.3 Å². The molecule has 4 N–H and O–H groups in total. The minimum absolute atomic E-state index is 0.0722. The van der Waals surface area contributed by atoms with Gasteiger partial charge in [-0.2, -0.15) is 4.98 Å². The van der Waals surface area contributed by atoms with Crippen LogP contribution in [0.3, 0.4) is 0 Å². The van der Waals surface area contributed by atoms with Crippen LogP contribution < -0.4 is 11.4 Å². The van der Waals surface area contributed by atoms with E-state index in [0.717, 1.165) is 38.5 Å². The molecule has 2 rings (SSSR count). The molecule has 10 nitrogen and oxygen atoms in total. The van der Waals surface area contributed by atoms with Gasteiger partial charge in [0.2, 0.25) is 0 Å². The van der Waals surface area contributed by atoms with Gasteiger partial charge in [-0.3, -0.25) is 14.2 Å². The molecular formula is C20H31N3O7. The van der Waals surface area contributed by atoms with Crippen LogP contribution in [0.2, 0.25) is 0 Å². The minimum atomic E-state index is -0.853. The molecular weight excluding hydrogens is 394 g/mol. The number of nitrogens with two attached hydrogens (primary N) is 1. The molecule has 0 spiro atoms. The van der Waals surface area contributed by atoms with Crippen molar-refractivity contribution in [3.63, 3.8) is 0 Å². The molecule has 0 aromatic carbocycles. The van der Waals surface area contributed by atoms with Gasteiger partial charge in [-0.05, 0) is 18.9 Å². The number of rotatable bonds is 13. The van der Waals surface area contributed by atoms with Crippen LogP contribution in [0.1, 0.15) is 70.4 Å². The summed E-state index contributed by atoms with van der Waals surface area (Å²) in [5.41, 5.74) is 4.90. The Morgan fingerprint density at radius 1 is 1.17 bits per heavy atom. The van der Waals surface area contributed by atoms with Gasteiger partial charge in [-0.1, -0.05) is 32.1 Å². The number of nitrogen functional groups attached to an aromatic ring is 1. The van der Waals surface area contributed by atoms with Crippen LogP contribution in [-0.4, -0.2) is 50.5 Å². The molecule has 1 saturated heterocycles. The number of carboxylic acid groups (broad SMARTS) is 1. The summed E-state index contributed by atoms with van der Waals surface area (Å²) in [6.45, 7) is -0.0722. The first-order valence-electron chi connectivity index (χ1n) is 10.4. The van der Waals surface area contributed by atoms with E-state index in [0.29, 0.717) is 12.8 Å². The summed E-state index contributed by atoms with van der Waals surface area (Å²) in [6.07, 6.45) is 6.22. The maximum atomic E-state index is 11.9. The van der Waals surface area contributed by atoms with E-state index in [1.807, 2.05) is 0 Å². The molecule has 2 heterocycles. The predicted octanol–water partition coefficient (Wildman–Crippen LogP) is 1.61. The number of hydrogen-bond acceptors (Lipinski definition) is 8. The number of nitrogens with zero attached hydrogens (tertiary/aromatic N) is 2. The largest absolute Gasteiger partial charge is 0.481 e. The van der Waals surface area contributed by atoms with Crippen molar-refractivity contribution in [1.82, 2.24) is 9.55 Å². The molecule has 0 radical (unpaired) electrons. The zero-order chi connectivity index (χ0) is 21.9. The Bertz CT molecular complexity index is 752. The number of unbranched alkanes of at least 4 members (excludes halogenated alkanes) is 6. The fourth-order valence-corrected chi connectivity index (χ4v) is 3.36. The predicted molar refractivity (Wildman–Crippen MR) is 108 cm³/mol. The highest BCUT2D eigenvalue weighted by atomic mass is 16.6. The number of carbonyl (C=O) groups is 2. The van der Waals surface area contributed by atoms with Crippen molar-refractivity contribution in [3.05, 3.63) is 22.7 Å². The highest BCUT2D eigenvalue weighted by Gasteiger charge is 2.36. The van der Waals surface area contributed by atoms with Gasteiger partial charge in [0.25, 0.3) is 0 Å². The maximum Gasteiger partial charge on any atom is 0.351 e. The smallest absolute Gasteiger partial charge is 0.351 e. The number of carbonyl (C=O) groups excluding carboxylic acids is 1. The van der Waals surface area contributed by atoms with Gasteiger partial charge in [-0.25, -0.2) is 4.79 Å². The molecule has 1 aliphatic rings. The molecule has 1 aromatic rings. The SMILES string of the molecule is Nc1ccn([C@H]2C[C@H](O)[C@@H](COC(=O)CCCCCCCCCC(=O)O)O2)c(=O)n1. The van der Waals surface area contributed by atoms with Gasteiger partial charge in [0.05, 0.1) is 6.10 Å². The van der Waals surface area contributed by atoms with E-state index in [9.17, 15) is 19.5 Å². The van der Waals surface area contributed by atoms with Gasteiger partial charge < -0.3 is 25.4 Å². The molecule has 0 saturated carbocycles. The van der Waals surface area contributed by atoms with Crippen LogP contribution in [0.4, 0.5) is 5.82 Å². The molecule has 0 aliphatic carbocycles. The van der Waals surface area contributed by atoms with Gasteiger partial charge in [-0.15, -0.1) is 0 Å². The molecule has 0 bridgehead atoms. The van der Waals surface area contributed by atoms with Crippen LogP contribution >= 0.6 is 0 Å². The average Bonchev–Trinajstić information content (AvgIpc) is 3.05. The van der Waals surface area contributed by atoms with Gasteiger partial charge in [0.1, 0.15) is 24.8 Å². The van der Waals surface area contributed by atoms with Crippen molar-refractivity contribution in [1.29, 1.82) is 0 Å². The Hall–Kier alpha value is -2.46. The Kier molecular flexibility index (Phi) is 9.75. The van der Waals surface area contributed by atoms with Crippen LogP contribution in [0, 0.1) is 0 Å².